The Hall–Kier alpha value is -2.76. The molecule has 1 aromatic carbocycles. The number of nitrogens with one attached hydrogen (secondary N) is 1. The largest absolute Gasteiger partial charge is 0.353 e. The second-order valence-electron chi connectivity index (χ2n) is 9.27. The zero-order chi connectivity index (χ0) is 22.5. The molecular formula is C26H36N4O2. The van der Waals surface area contributed by atoms with Crippen LogP contribution in [0, 0.1) is 0 Å². The Labute approximate surface area is 191 Å². The smallest absolute Gasteiger partial charge is 0.322 e. The van der Waals surface area contributed by atoms with Crippen molar-refractivity contribution in [3.05, 3.63) is 53.9 Å². The minimum Gasteiger partial charge on any atom is -0.353 e. The monoisotopic (exact) mass is 436 g/mol. The van der Waals surface area contributed by atoms with Crippen LogP contribution in [-0.2, 0) is 24.8 Å². The van der Waals surface area contributed by atoms with Gasteiger partial charge in [-0.25, -0.2) is 4.79 Å². The number of aromatic nitrogens is 1. The minimum atomic E-state index is -0.159. The first-order valence-electron chi connectivity index (χ1n) is 12.1. The molecule has 4 rings (SSSR count). The lowest BCUT2D eigenvalue weighted by Crippen LogP contribution is -2.50. The molecule has 2 fully saturated rings. The molecule has 0 saturated heterocycles. The number of carbonyl (C=O) groups is 2. The van der Waals surface area contributed by atoms with Gasteiger partial charge in [0.25, 0.3) is 0 Å². The lowest BCUT2D eigenvalue weighted by Gasteiger charge is -2.35. The van der Waals surface area contributed by atoms with Crippen molar-refractivity contribution in [2.24, 2.45) is 7.05 Å². The van der Waals surface area contributed by atoms with E-state index in [1.54, 1.807) is 4.90 Å². The van der Waals surface area contributed by atoms with Gasteiger partial charge < -0.3 is 19.7 Å². The Morgan fingerprint density at radius 1 is 1.00 bits per heavy atom. The van der Waals surface area contributed by atoms with Crippen molar-refractivity contribution < 1.29 is 9.59 Å². The third kappa shape index (κ3) is 5.53. The van der Waals surface area contributed by atoms with Crippen LogP contribution in [0.2, 0.25) is 0 Å². The highest BCUT2D eigenvalue weighted by molar-refractivity contribution is 5.92. The highest BCUT2D eigenvalue weighted by atomic mass is 16.2. The Morgan fingerprint density at radius 2 is 1.75 bits per heavy atom. The van der Waals surface area contributed by atoms with Crippen molar-refractivity contribution in [3.8, 4) is 0 Å². The summed E-state index contributed by atoms with van der Waals surface area (Å²) in [7, 11) is 2.01. The SMILES string of the molecule is CCc1cccc(NC(=O)N(CC(=O)N(Cc2cccn2C)C2CC2)C2CCCCC2)c1. The molecule has 2 aliphatic rings. The van der Waals surface area contributed by atoms with E-state index in [4.69, 9.17) is 0 Å². The van der Waals surface area contributed by atoms with Gasteiger partial charge in [0.1, 0.15) is 6.54 Å². The number of rotatable bonds is 8. The number of hydrogen-bond donors (Lipinski definition) is 1. The highest BCUT2D eigenvalue weighted by Gasteiger charge is 2.35. The average molecular weight is 437 g/mol. The predicted octanol–water partition coefficient (Wildman–Crippen LogP) is 4.95. The molecule has 6 nitrogen and oxygen atoms in total. The summed E-state index contributed by atoms with van der Waals surface area (Å²) in [5.74, 6) is 0.0525. The summed E-state index contributed by atoms with van der Waals surface area (Å²) >= 11 is 0. The molecule has 0 radical (unpaired) electrons. The molecule has 0 aliphatic heterocycles. The van der Waals surface area contributed by atoms with E-state index in [0.29, 0.717) is 12.6 Å². The maximum Gasteiger partial charge on any atom is 0.322 e. The number of anilines is 1. The second-order valence-corrected chi connectivity index (χ2v) is 9.27. The topological polar surface area (TPSA) is 57.6 Å². The van der Waals surface area contributed by atoms with Crippen molar-refractivity contribution in [3.63, 3.8) is 0 Å². The molecular weight excluding hydrogens is 400 g/mol. The van der Waals surface area contributed by atoms with Gasteiger partial charge in [-0.3, -0.25) is 4.79 Å². The summed E-state index contributed by atoms with van der Waals surface area (Å²) in [6.07, 6.45) is 10.4. The van der Waals surface area contributed by atoms with Crippen LogP contribution in [0.4, 0.5) is 10.5 Å². The predicted molar refractivity (Wildman–Crippen MR) is 127 cm³/mol. The first kappa shape index (κ1) is 22.4. The van der Waals surface area contributed by atoms with E-state index in [1.807, 2.05) is 42.4 Å². The third-order valence-electron chi connectivity index (χ3n) is 6.86. The lowest BCUT2D eigenvalue weighted by molar-refractivity contribution is -0.133. The highest BCUT2D eigenvalue weighted by Crippen LogP contribution is 2.30. The van der Waals surface area contributed by atoms with E-state index >= 15 is 0 Å². The molecule has 172 valence electrons. The van der Waals surface area contributed by atoms with Crippen molar-refractivity contribution in [1.82, 2.24) is 14.4 Å². The van der Waals surface area contributed by atoms with Crippen LogP contribution in [0.15, 0.2) is 42.6 Å². The normalized spacial score (nSPS) is 16.6. The van der Waals surface area contributed by atoms with Crippen molar-refractivity contribution in [2.45, 2.75) is 76.9 Å². The summed E-state index contributed by atoms with van der Waals surface area (Å²) in [5, 5.41) is 3.07. The van der Waals surface area contributed by atoms with E-state index in [2.05, 4.69) is 28.9 Å². The fourth-order valence-electron chi connectivity index (χ4n) is 4.70. The zero-order valence-corrected chi connectivity index (χ0v) is 19.4. The summed E-state index contributed by atoms with van der Waals surface area (Å²) in [4.78, 5) is 30.6. The molecule has 1 N–H and O–H groups in total. The van der Waals surface area contributed by atoms with Crippen molar-refractivity contribution in [2.75, 3.05) is 11.9 Å². The van der Waals surface area contributed by atoms with Crippen LogP contribution in [-0.4, -0.2) is 44.9 Å². The molecule has 3 amide bonds. The number of nitrogens with zero attached hydrogens (tertiary/aromatic N) is 3. The zero-order valence-electron chi connectivity index (χ0n) is 19.4. The van der Waals surface area contributed by atoms with Gasteiger partial charge in [0, 0.05) is 36.7 Å². The second kappa shape index (κ2) is 10.2. The number of urea groups is 1. The van der Waals surface area contributed by atoms with Gasteiger partial charge in [-0.2, -0.15) is 0 Å². The van der Waals surface area contributed by atoms with Crippen LogP contribution in [0.25, 0.3) is 0 Å². The van der Waals surface area contributed by atoms with Crippen molar-refractivity contribution in [1.29, 1.82) is 0 Å². The molecule has 2 aliphatic carbocycles. The fraction of sp³-hybridized carbons (Fsp3) is 0.538. The Morgan fingerprint density at radius 3 is 2.41 bits per heavy atom. The first-order chi connectivity index (χ1) is 15.5. The average Bonchev–Trinajstić information content (AvgIpc) is 3.57. The fourth-order valence-corrected chi connectivity index (χ4v) is 4.70. The number of aryl methyl sites for hydroxylation is 2. The Balaban J connectivity index is 1.49. The molecule has 1 aromatic heterocycles. The molecule has 2 aromatic rings. The van der Waals surface area contributed by atoms with Gasteiger partial charge >= 0.3 is 6.03 Å². The van der Waals surface area contributed by atoms with Crippen LogP contribution < -0.4 is 5.32 Å². The van der Waals surface area contributed by atoms with Crippen LogP contribution in [0.1, 0.15) is 63.1 Å². The Kier molecular flexibility index (Phi) is 7.18. The summed E-state index contributed by atoms with van der Waals surface area (Å²) < 4.78 is 2.06. The maximum absolute atomic E-state index is 13.5. The van der Waals surface area contributed by atoms with E-state index in [0.717, 1.165) is 56.3 Å². The number of benzene rings is 1. The van der Waals surface area contributed by atoms with Gasteiger partial charge in [0.15, 0.2) is 0 Å². The quantitative estimate of drug-likeness (QED) is 0.637. The first-order valence-corrected chi connectivity index (χ1v) is 12.1. The van der Waals surface area contributed by atoms with Gasteiger partial charge in [0.2, 0.25) is 5.91 Å². The number of carbonyl (C=O) groups excluding carboxylic acids is 2. The van der Waals surface area contributed by atoms with Crippen LogP contribution in [0.5, 0.6) is 0 Å². The van der Waals surface area contributed by atoms with Crippen LogP contribution >= 0.6 is 0 Å². The minimum absolute atomic E-state index is 0.0525. The summed E-state index contributed by atoms with van der Waals surface area (Å²) in [6.45, 7) is 2.85. The molecule has 0 unspecified atom stereocenters. The molecule has 0 atom stereocenters. The van der Waals surface area contributed by atoms with Gasteiger partial charge in [-0.05, 0) is 61.9 Å². The third-order valence-corrected chi connectivity index (χ3v) is 6.86. The number of amides is 3. The van der Waals surface area contributed by atoms with E-state index in [-0.39, 0.29) is 24.5 Å². The van der Waals surface area contributed by atoms with Crippen molar-refractivity contribution >= 4 is 17.6 Å². The standard InChI is InChI=1S/C26H36N4O2/c1-3-20-9-7-10-21(17-20)27-26(32)30(22-11-5-4-6-12-22)19-25(31)29(23-14-15-23)18-24-13-8-16-28(24)2/h7-10,13,16-17,22-23H,3-6,11-12,14-15,18-19H2,1-2H3,(H,27,32). The van der Waals surface area contributed by atoms with Crippen LogP contribution in [0.3, 0.4) is 0 Å². The van der Waals surface area contributed by atoms with E-state index in [1.165, 1.54) is 12.0 Å². The lowest BCUT2D eigenvalue weighted by atomic mass is 9.94. The summed E-state index contributed by atoms with van der Waals surface area (Å²) in [5.41, 5.74) is 3.10. The van der Waals surface area contributed by atoms with Gasteiger partial charge in [-0.15, -0.1) is 0 Å². The molecule has 0 bridgehead atoms. The molecule has 0 spiro atoms. The van der Waals surface area contributed by atoms with E-state index < -0.39 is 0 Å². The number of hydrogen-bond acceptors (Lipinski definition) is 2. The molecule has 6 heteroatoms. The maximum atomic E-state index is 13.5. The molecule has 1 heterocycles. The van der Waals surface area contributed by atoms with Gasteiger partial charge in [0.05, 0.1) is 6.54 Å². The molecule has 32 heavy (non-hydrogen) atoms. The van der Waals surface area contributed by atoms with E-state index in [9.17, 15) is 9.59 Å². The Bertz CT molecular complexity index is 927. The summed E-state index contributed by atoms with van der Waals surface area (Å²) in [6, 6.07) is 12.3. The van der Waals surface area contributed by atoms with Gasteiger partial charge in [-0.1, -0.05) is 38.3 Å². The molecule has 2 saturated carbocycles.